The van der Waals surface area contributed by atoms with Crippen molar-refractivity contribution in [2.24, 2.45) is 5.92 Å². The SMILES string of the molecule is Cc1sc2nc(SCC(C)C)[nH]c(=O)c2c1-c1ccc(F)cc1. The maximum absolute atomic E-state index is 13.1. The summed E-state index contributed by atoms with van der Waals surface area (Å²) in [5, 5.41) is 1.25. The van der Waals surface area contributed by atoms with E-state index in [9.17, 15) is 9.18 Å². The van der Waals surface area contributed by atoms with Crippen LogP contribution < -0.4 is 5.56 Å². The molecule has 120 valence electrons. The van der Waals surface area contributed by atoms with Gasteiger partial charge in [-0.15, -0.1) is 11.3 Å². The van der Waals surface area contributed by atoms with Crippen LogP contribution in [0.25, 0.3) is 21.3 Å². The fourth-order valence-electron chi connectivity index (χ4n) is 2.38. The van der Waals surface area contributed by atoms with Crippen molar-refractivity contribution in [3.63, 3.8) is 0 Å². The second-order valence-corrected chi connectivity index (χ2v) is 8.01. The maximum atomic E-state index is 13.1. The second kappa shape index (κ2) is 6.45. The number of benzene rings is 1. The minimum absolute atomic E-state index is 0.134. The van der Waals surface area contributed by atoms with E-state index in [2.05, 4.69) is 23.8 Å². The number of aromatic amines is 1. The fraction of sp³-hybridized carbons (Fsp3) is 0.294. The van der Waals surface area contributed by atoms with E-state index in [1.165, 1.54) is 23.5 Å². The van der Waals surface area contributed by atoms with E-state index in [1.807, 2.05) is 6.92 Å². The summed E-state index contributed by atoms with van der Waals surface area (Å²) in [5.74, 6) is 1.15. The van der Waals surface area contributed by atoms with Gasteiger partial charge in [0.05, 0.1) is 5.39 Å². The second-order valence-electron chi connectivity index (χ2n) is 5.80. The number of hydrogen-bond acceptors (Lipinski definition) is 4. The van der Waals surface area contributed by atoms with Crippen LogP contribution in [0.5, 0.6) is 0 Å². The van der Waals surface area contributed by atoms with Crippen molar-refractivity contribution < 1.29 is 4.39 Å². The van der Waals surface area contributed by atoms with Crippen LogP contribution in [0.2, 0.25) is 0 Å². The molecule has 0 atom stereocenters. The zero-order valence-electron chi connectivity index (χ0n) is 13.1. The highest BCUT2D eigenvalue weighted by Crippen LogP contribution is 2.36. The summed E-state index contributed by atoms with van der Waals surface area (Å²) >= 11 is 3.06. The molecule has 0 bridgehead atoms. The predicted octanol–water partition coefficient (Wildman–Crippen LogP) is 4.85. The molecule has 23 heavy (non-hydrogen) atoms. The molecule has 3 aromatic rings. The Bertz CT molecular complexity index is 897. The normalized spacial score (nSPS) is 11.5. The van der Waals surface area contributed by atoms with Gasteiger partial charge < -0.3 is 4.98 Å². The monoisotopic (exact) mass is 348 g/mol. The number of H-pyrrole nitrogens is 1. The maximum Gasteiger partial charge on any atom is 0.260 e. The Morgan fingerprint density at radius 3 is 2.65 bits per heavy atom. The van der Waals surface area contributed by atoms with Crippen molar-refractivity contribution in [2.75, 3.05) is 5.75 Å². The molecule has 0 fully saturated rings. The number of aryl methyl sites for hydroxylation is 1. The summed E-state index contributed by atoms with van der Waals surface area (Å²) in [4.78, 5) is 21.7. The molecule has 0 saturated heterocycles. The van der Waals surface area contributed by atoms with Crippen molar-refractivity contribution in [2.45, 2.75) is 25.9 Å². The zero-order valence-corrected chi connectivity index (χ0v) is 14.8. The Balaban J connectivity index is 2.12. The van der Waals surface area contributed by atoms with Gasteiger partial charge in [-0.05, 0) is 30.5 Å². The Morgan fingerprint density at radius 2 is 2.00 bits per heavy atom. The highest BCUT2D eigenvalue weighted by molar-refractivity contribution is 7.99. The van der Waals surface area contributed by atoms with Crippen LogP contribution >= 0.6 is 23.1 Å². The lowest BCUT2D eigenvalue weighted by Crippen LogP contribution is -2.09. The van der Waals surface area contributed by atoms with Crippen LogP contribution in [0, 0.1) is 18.7 Å². The van der Waals surface area contributed by atoms with Gasteiger partial charge >= 0.3 is 0 Å². The van der Waals surface area contributed by atoms with Crippen molar-refractivity contribution in [3.8, 4) is 11.1 Å². The van der Waals surface area contributed by atoms with Gasteiger partial charge in [0.2, 0.25) is 0 Å². The highest BCUT2D eigenvalue weighted by Gasteiger charge is 2.17. The number of fused-ring (bicyclic) bond motifs is 1. The summed E-state index contributed by atoms with van der Waals surface area (Å²) in [6, 6.07) is 6.22. The molecule has 0 aliphatic heterocycles. The molecular weight excluding hydrogens is 331 g/mol. The summed E-state index contributed by atoms with van der Waals surface area (Å²) in [6.45, 7) is 6.22. The molecule has 1 aromatic carbocycles. The molecule has 6 heteroatoms. The lowest BCUT2D eigenvalue weighted by Gasteiger charge is -2.04. The summed E-state index contributed by atoms with van der Waals surface area (Å²) in [5.41, 5.74) is 1.55. The summed E-state index contributed by atoms with van der Waals surface area (Å²) < 4.78 is 13.1. The van der Waals surface area contributed by atoms with Crippen molar-refractivity contribution in [3.05, 3.63) is 45.3 Å². The molecule has 1 N–H and O–H groups in total. The largest absolute Gasteiger partial charge is 0.301 e. The van der Waals surface area contributed by atoms with Crippen LogP contribution in [0.3, 0.4) is 0 Å². The molecule has 3 nitrogen and oxygen atoms in total. The van der Waals surface area contributed by atoms with Crippen LogP contribution in [-0.4, -0.2) is 15.7 Å². The van der Waals surface area contributed by atoms with Crippen LogP contribution in [-0.2, 0) is 0 Å². The van der Waals surface area contributed by atoms with Gasteiger partial charge in [-0.2, -0.15) is 0 Å². The smallest absolute Gasteiger partial charge is 0.260 e. The number of hydrogen-bond donors (Lipinski definition) is 1. The minimum Gasteiger partial charge on any atom is -0.301 e. The number of halogens is 1. The number of thioether (sulfide) groups is 1. The standard InChI is InChI=1S/C17H17FN2OS2/c1-9(2)8-22-17-19-15(21)14-13(10(3)23-16(14)20-17)11-4-6-12(18)7-5-11/h4-7,9H,8H2,1-3H3,(H,19,20,21). The third-order valence-electron chi connectivity index (χ3n) is 3.40. The first-order chi connectivity index (χ1) is 11.0. The average Bonchev–Trinajstić information content (AvgIpc) is 2.82. The van der Waals surface area contributed by atoms with Crippen molar-refractivity contribution in [1.82, 2.24) is 9.97 Å². The van der Waals surface area contributed by atoms with Crippen molar-refractivity contribution in [1.29, 1.82) is 0 Å². The first-order valence-corrected chi connectivity index (χ1v) is 9.18. The minimum atomic E-state index is -0.287. The van der Waals surface area contributed by atoms with Crippen LogP contribution in [0.1, 0.15) is 18.7 Å². The van der Waals surface area contributed by atoms with Gasteiger partial charge in [-0.3, -0.25) is 4.79 Å². The van der Waals surface area contributed by atoms with Gasteiger partial charge in [0, 0.05) is 16.2 Å². The summed E-state index contributed by atoms with van der Waals surface area (Å²) in [6.07, 6.45) is 0. The van der Waals surface area contributed by atoms with Gasteiger partial charge in [0.1, 0.15) is 10.6 Å². The number of aromatic nitrogens is 2. The van der Waals surface area contributed by atoms with Gasteiger partial charge in [-0.1, -0.05) is 37.7 Å². The number of nitrogens with one attached hydrogen (secondary N) is 1. The molecule has 2 heterocycles. The Hall–Kier alpha value is -1.66. The zero-order chi connectivity index (χ0) is 16.6. The molecule has 0 radical (unpaired) electrons. The number of thiophene rings is 1. The van der Waals surface area contributed by atoms with E-state index in [-0.39, 0.29) is 11.4 Å². The van der Waals surface area contributed by atoms with Gasteiger partial charge in [0.15, 0.2) is 5.16 Å². The molecule has 3 rings (SSSR count). The highest BCUT2D eigenvalue weighted by atomic mass is 32.2. The lowest BCUT2D eigenvalue weighted by atomic mass is 10.0. The Kier molecular flexibility index (Phi) is 4.55. The van der Waals surface area contributed by atoms with Crippen LogP contribution in [0.15, 0.2) is 34.2 Å². The molecule has 0 spiro atoms. The molecule has 0 aliphatic rings. The quantitative estimate of drug-likeness (QED) is 0.542. The number of nitrogens with zero attached hydrogens (tertiary/aromatic N) is 1. The molecular formula is C17H17FN2OS2. The lowest BCUT2D eigenvalue weighted by molar-refractivity contribution is 0.628. The third kappa shape index (κ3) is 3.33. The fourth-order valence-corrected chi connectivity index (χ4v) is 4.29. The van der Waals surface area contributed by atoms with Crippen molar-refractivity contribution >= 4 is 33.3 Å². The number of rotatable bonds is 4. The average molecular weight is 348 g/mol. The van der Waals surface area contributed by atoms with E-state index in [0.717, 1.165) is 26.6 Å². The first-order valence-electron chi connectivity index (χ1n) is 7.38. The third-order valence-corrected chi connectivity index (χ3v) is 5.70. The van der Waals surface area contributed by atoms with Crippen LogP contribution in [0.4, 0.5) is 4.39 Å². The Morgan fingerprint density at radius 1 is 1.30 bits per heavy atom. The van der Waals surface area contributed by atoms with E-state index >= 15 is 0 Å². The molecule has 0 amide bonds. The molecule has 0 aliphatic carbocycles. The molecule has 2 aromatic heterocycles. The molecule has 0 saturated carbocycles. The summed E-state index contributed by atoms with van der Waals surface area (Å²) in [7, 11) is 0. The van der Waals surface area contributed by atoms with E-state index < -0.39 is 0 Å². The van der Waals surface area contributed by atoms with E-state index in [0.29, 0.717) is 16.5 Å². The first kappa shape index (κ1) is 16.2. The Labute approximate surface area is 142 Å². The van der Waals surface area contributed by atoms with Gasteiger partial charge in [0.25, 0.3) is 5.56 Å². The predicted molar refractivity (Wildman–Crippen MR) is 95.9 cm³/mol. The van der Waals surface area contributed by atoms with E-state index in [1.54, 1.807) is 23.9 Å². The molecule has 0 unspecified atom stereocenters. The van der Waals surface area contributed by atoms with Gasteiger partial charge in [-0.25, -0.2) is 9.37 Å². The topological polar surface area (TPSA) is 45.8 Å². The van der Waals surface area contributed by atoms with E-state index in [4.69, 9.17) is 0 Å².